The number of alkyl halides is 3. The van der Waals surface area contributed by atoms with E-state index in [2.05, 4.69) is 22.4 Å². The number of pyridine rings is 1. The van der Waals surface area contributed by atoms with Gasteiger partial charge in [0, 0.05) is 30.6 Å². The van der Waals surface area contributed by atoms with Crippen LogP contribution in [0.5, 0.6) is 5.75 Å². The van der Waals surface area contributed by atoms with Crippen molar-refractivity contribution in [3.05, 3.63) is 75.6 Å². The summed E-state index contributed by atoms with van der Waals surface area (Å²) < 4.78 is 37.2. The first-order valence-electron chi connectivity index (χ1n) is 10.6. The van der Waals surface area contributed by atoms with Crippen LogP contribution in [0.25, 0.3) is 10.9 Å². The molecular weight excluding hydrogens is 469 g/mol. The van der Waals surface area contributed by atoms with Crippen molar-refractivity contribution in [2.24, 2.45) is 0 Å². The predicted octanol–water partition coefficient (Wildman–Crippen LogP) is 2.67. The molecular formula is C24H25F3N2O6. The number of hydrogen-bond donors (Lipinski definition) is 5. The fraction of sp³-hybridized carbons (Fsp3) is 0.333. The first-order chi connectivity index (χ1) is 16.5. The van der Waals surface area contributed by atoms with E-state index >= 15 is 0 Å². The molecule has 0 bridgehead atoms. The Morgan fingerprint density at radius 3 is 2.29 bits per heavy atom. The minimum atomic E-state index is -5.08. The molecule has 11 heteroatoms. The number of aromatic nitrogens is 1. The Morgan fingerprint density at radius 1 is 1.14 bits per heavy atom. The number of carbonyl (C=O) groups is 1. The van der Waals surface area contributed by atoms with Crippen LogP contribution < -0.4 is 10.9 Å². The van der Waals surface area contributed by atoms with Gasteiger partial charge in [-0.25, -0.2) is 4.79 Å². The number of benzene rings is 2. The van der Waals surface area contributed by atoms with Gasteiger partial charge in [0.2, 0.25) is 5.56 Å². The zero-order chi connectivity index (χ0) is 25.8. The normalized spacial score (nSPS) is 15.2. The monoisotopic (exact) mass is 494 g/mol. The number of methoxy groups -OCH3 is 1. The number of phenolic OH excluding ortho intramolecular Hbond substituents is 1. The van der Waals surface area contributed by atoms with E-state index in [-0.39, 0.29) is 16.8 Å². The van der Waals surface area contributed by atoms with Gasteiger partial charge in [0.15, 0.2) is 0 Å². The Hall–Kier alpha value is -3.41. The lowest BCUT2D eigenvalue weighted by molar-refractivity contribution is -0.192. The van der Waals surface area contributed by atoms with Crippen molar-refractivity contribution in [1.82, 2.24) is 10.3 Å². The Morgan fingerprint density at radius 2 is 1.74 bits per heavy atom. The van der Waals surface area contributed by atoms with E-state index in [0.717, 1.165) is 12.8 Å². The highest BCUT2D eigenvalue weighted by Gasteiger charge is 2.38. The molecule has 0 radical (unpaired) electrons. The van der Waals surface area contributed by atoms with Crippen molar-refractivity contribution in [3.8, 4) is 5.75 Å². The molecule has 5 N–H and O–H groups in total. The number of β-amino-alcohol motifs (C(OH)–C–C–N with tert-alkyl or cyclic N) is 1. The molecule has 1 heterocycles. The number of carboxylic acid groups (broad SMARTS) is 1. The molecule has 35 heavy (non-hydrogen) atoms. The fourth-order valence-corrected chi connectivity index (χ4v) is 4.22. The van der Waals surface area contributed by atoms with Gasteiger partial charge in [0.05, 0.1) is 18.2 Å². The standard InChI is InChI=1S/C22H24N2O4.C2HF3O2/c1-28-13-22(10-14-4-2-3-5-15(14)11-22)23-12-19(26)16-6-8-18(25)21-17(16)7-9-20(27)24-21;3-2(4,5)1(6)7/h2-9,19,23,25-26H,10-13H2,1H3,(H,24,27);(H,6,7)/t19-;/m0./s1. The number of nitrogens with one attached hydrogen (secondary N) is 2. The summed E-state index contributed by atoms with van der Waals surface area (Å²) in [5.74, 6) is -2.77. The van der Waals surface area contributed by atoms with Crippen molar-refractivity contribution in [2.45, 2.75) is 30.7 Å². The summed E-state index contributed by atoms with van der Waals surface area (Å²) in [6.45, 7) is 0.869. The molecule has 0 amide bonds. The highest BCUT2D eigenvalue weighted by Crippen LogP contribution is 2.32. The summed E-state index contributed by atoms with van der Waals surface area (Å²) in [4.78, 5) is 23.1. The first-order valence-corrected chi connectivity index (χ1v) is 10.6. The fourth-order valence-electron chi connectivity index (χ4n) is 4.22. The number of ether oxygens (including phenoxy) is 1. The molecule has 1 aromatic heterocycles. The maximum atomic E-state index is 11.6. The van der Waals surface area contributed by atoms with Gasteiger partial charge in [-0.15, -0.1) is 0 Å². The number of phenols is 1. The molecule has 0 spiro atoms. The molecule has 8 nitrogen and oxygen atoms in total. The predicted molar refractivity (Wildman–Crippen MR) is 121 cm³/mol. The smallest absolute Gasteiger partial charge is 0.490 e. The van der Waals surface area contributed by atoms with Gasteiger partial charge in [-0.05, 0) is 41.7 Å². The summed E-state index contributed by atoms with van der Waals surface area (Å²) in [5, 5.41) is 32.2. The summed E-state index contributed by atoms with van der Waals surface area (Å²) in [5.41, 5.74) is 3.03. The van der Waals surface area contributed by atoms with Crippen LogP contribution in [-0.2, 0) is 22.4 Å². The minimum absolute atomic E-state index is 0.0151. The molecule has 3 aromatic rings. The molecule has 0 unspecified atom stereocenters. The lowest BCUT2D eigenvalue weighted by Gasteiger charge is -2.31. The van der Waals surface area contributed by atoms with E-state index < -0.39 is 18.2 Å². The average molecular weight is 494 g/mol. The number of halogens is 3. The number of fused-ring (bicyclic) bond motifs is 2. The SMILES string of the molecule is COCC1(NC[C@H](O)c2ccc(O)c3[nH]c(=O)ccc23)Cc2ccccc2C1.O=C(O)C(F)(F)F. The Labute approximate surface area is 198 Å². The first kappa shape index (κ1) is 26.2. The highest BCUT2D eigenvalue weighted by molar-refractivity contribution is 5.87. The number of aromatic amines is 1. The van der Waals surface area contributed by atoms with Crippen LogP contribution in [0.4, 0.5) is 13.2 Å². The van der Waals surface area contributed by atoms with Gasteiger partial charge in [0.1, 0.15) is 5.75 Å². The van der Waals surface area contributed by atoms with Gasteiger partial charge in [-0.3, -0.25) is 4.79 Å². The number of aliphatic hydroxyl groups excluding tert-OH is 1. The van der Waals surface area contributed by atoms with Gasteiger partial charge in [-0.1, -0.05) is 30.3 Å². The van der Waals surface area contributed by atoms with Crippen molar-refractivity contribution >= 4 is 16.9 Å². The van der Waals surface area contributed by atoms with E-state index in [9.17, 15) is 28.2 Å². The van der Waals surface area contributed by atoms with E-state index in [1.165, 1.54) is 23.3 Å². The van der Waals surface area contributed by atoms with Crippen LogP contribution in [0.3, 0.4) is 0 Å². The van der Waals surface area contributed by atoms with Crippen LogP contribution in [0, 0.1) is 0 Å². The van der Waals surface area contributed by atoms with E-state index in [1.54, 1.807) is 19.2 Å². The molecule has 1 aliphatic carbocycles. The minimum Gasteiger partial charge on any atom is -0.506 e. The van der Waals surface area contributed by atoms with Crippen LogP contribution in [-0.4, -0.2) is 58.2 Å². The second-order valence-corrected chi connectivity index (χ2v) is 8.32. The second kappa shape index (κ2) is 10.5. The Kier molecular flexibility index (Phi) is 7.83. The summed E-state index contributed by atoms with van der Waals surface area (Å²) in [6.07, 6.45) is -4.20. The van der Waals surface area contributed by atoms with Gasteiger partial charge in [-0.2, -0.15) is 13.2 Å². The van der Waals surface area contributed by atoms with Crippen molar-refractivity contribution in [1.29, 1.82) is 0 Å². The van der Waals surface area contributed by atoms with Crippen molar-refractivity contribution in [2.75, 3.05) is 20.3 Å². The lowest BCUT2D eigenvalue weighted by atomic mass is 9.95. The largest absolute Gasteiger partial charge is 0.506 e. The number of hydrogen-bond acceptors (Lipinski definition) is 6. The van der Waals surface area contributed by atoms with Crippen molar-refractivity contribution in [3.63, 3.8) is 0 Å². The maximum Gasteiger partial charge on any atom is 0.490 e. The third-order valence-corrected chi connectivity index (χ3v) is 5.78. The Balaban J connectivity index is 0.000000429. The second-order valence-electron chi connectivity index (χ2n) is 8.32. The van der Waals surface area contributed by atoms with Crippen LogP contribution >= 0.6 is 0 Å². The molecule has 188 valence electrons. The highest BCUT2D eigenvalue weighted by atomic mass is 19.4. The number of H-pyrrole nitrogens is 1. The molecule has 0 saturated heterocycles. The number of aliphatic hydroxyl groups is 1. The van der Waals surface area contributed by atoms with Crippen LogP contribution in [0.1, 0.15) is 22.8 Å². The van der Waals surface area contributed by atoms with E-state index in [4.69, 9.17) is 14.6 Å². The topological polar surface area (TPSA) is 132 Å². The van der Waals surface area contributed by atoms with Gasteiger partial charge < -0.3 is 30.4 Å². The summed E-state index contributed by atoms with van der Waals surface area (Å²) in [7, 11) is 1.69. The third kappa shape index (κ3) is 6.18. The van der Waals surface area contributed by atoms with Gasteiger partial charge >= 0.3 is 12.1 Å². The molecule has 0 aliphatic heterocycles. The number of aliphatic carboxylic acids is 1. The lowest BCUT2D eigenvalue weighted by Crippen LogP contribution is -2.51. The van der Waals surface area contributed by atoms with Crippen LogP contribution in [0.15, 0.2) is 53.3 Å². The zero-order valence-electron chi connectivity index (χ0n) is 18.7. The third-order valence-electron chi connectivity index (χ3n) is 5.78. The Bertz CT molecular complexity index is 1230. The average Bonchev–Trinajstić information content (AvgIpc) is 3.16. The van der Waals surface area contributed by atoms with E-state index in [0.29, 0.717) is 29.6 Å². The quantitative estimate of drug-likeness (QED) is 0.356. The summed E-state index contributed by atoms with van der Waals surface area (Å²) >= 11 is 0. The van der Waals surface area contributed by atoms with Crippen molar-refractivity contribution < 1.29 is 38.0 Å². The molecule has 1 aliphatic rings. The number of aromatic hydroxyl groups is 1. The molecule has 0 saturated carbocycles. The molecule has 0 fully saturated rings. The molecule has 4 rings (SSSR count). The van der Waals surface area contributed by atoms with Crippen LogP contribution in [0.2, 0.25) is 0 Å². The van der Waals surface area contributed by atoms with Gasteiger partial charge in [0.25, 0.3) is 0 Å². The van der Waals surface area contributed by atoms with E-state index in [1.807, 2.05) is 12.1 Å². The zero-order valence-corrected chi connectivity index (χ0v) is 18.7. The molecule has 1 atom stereocenters. The maximum absolute atomic E-state index is 11.6. The molecule has 2 aromatic carbocycles. The number of rotatable bonds is 6. The number of carboxylic acids is 1. The summed E-state index contributed by atoms with van der Waals surface area (Å²) in [6, 6.07) is 14.6.